The molecule has 60 valence electrons. The van der Waals surface area contributed by atoms with E-state index in [1.165, 1.54) is 11.8 Å². The molecule has 0 aliphatic carbocycles. The molecular weight excluding hydrogens is 164 g/mol. The molecule has 0 aromatic carbocycles. The quantitative estimate of drug-likeness (QED) is 0.534. The minimum atomic E-state index is 0.686. The van der Waals surface area contributed by atoms with E-state index < -0.39 is 0 Å². The van der Waals surface area contributed by atoms with E-state index in [0.29, 0.717) is 23.7 Å². The number of rotatable bonds is 0. The van der Waals surface area contributed by atoms with Gasteiger partial charge in [0.25, 0.3) is 10.5 Å². The second-order valence-electron chi connectivity index (χ2n) is 2.09. The van der Waals surface area contributed by atoms with Crippen molar-refractivity contribution < 1.29 is 9.47 Å². The molecule has 0 saturated heterocycles. The molecule has 0 saturated carbocycles. The van der Waals surface area contributed by atoms with Gasteiger partial charge in [-0.3, -0.25) is 0 Å². The van der Waals surface area contributed by atoms with Crippen LogP contribution in [0.1, 0.15) is 0 Å². The van der Waals surface area contributed by atoms with Crippen molar-refractivity contribution >= 4 is 22.2 Å². The molecule has 2 heterocycles. The van der Waals surface area contributed by atoms with Gasteiger partial charge in [0.05, 0.1) is 13.1 Å². The molecule has 0 amide bonds. The maximum absolute atomic E-state index is 5.17. The van der Waals surface area contributed by atoms with Crippen molar-refractivity contribution in [3.8, 4) is 0 Å². The topological polar surface area (TPSA) is 43.2 Å². The molecule has 2 aliphatic rings. The first-order valence-corrected chi connectivity index (χ1v) is 4.29. The Morgan fingerprint density at radius 1 is 1.00 bits per heavy atom. The van der Waals surface area contributed by atoms with E-state index in [2.05, 4.69) is 9.98 Å². The Labute approximate surface area is 68.7 Å². The first-order valence-electron chi connectivity index (χ1n) is 3.47. The van der Waals surface area contributed by atoms with E-state index in [9.17, 15) is 0 Å². The van der Waals surface area contributed by atoms with Gasteiger partial charge in [0.15, 0.2) is 0 Å². The highest BCUT2D eigenvalue weighted by atomic mass is 32.2. The second kappa shape index (κ2) is 3.13. The SMILES string of the molecule is C1COC(SC2=NCCO2)=N1. The Hall–Kier alpha value is -0.710. The average molecular weight is 172 g/mol. The Bertz CT molecular complexity index is 193. The maximum Gasteiger partial charge on any atom is 0.255 e. The summed E-state index contributed by atoms with van der Waals surface area (Å²) in [4.78, 5) is 8.19. The summed E-state index contributed by atoms with van der Waals surface area (Å²) in [6.45, 7) is 2.90. The molecule has 5 heteroatoms. The van der Waals surface area contributed by atoms with Crippen molar-refractivity contribution in [1.29, 1.82) is 0 Å². The summed E-state index contributed by atoms with van der Waals surface area (Å²) in [6.07, 6.45) is 0. The van der Waals surface area contributed by atoms with Gasteiger partial charge in [0.2, 0.25) is 0 Å². The van der Waals surface area contributed by atoms with Crippen molar-refractivity contribution in [2.45, 2.75) is 0 Å². The van der Waals surface area contributed by atoms with E-state index in [0.717, 1.165) is 13.1 Å². The second-order valence-corrected chi connectivity index (χ2v) is 3.00. The zero-order chi connectivity index (χ0) is 7.52. The predicted molar refractivity (Wildman–Crippen MR) is 44.1 cm³/mol. The van der Waals surface area contributed by atoms with Gasteiger partial charge in [-0.25, -0.2) is 9.98 Å². The largest absolute Gasteiger partial charge is 0.471 e. The molecule has 0 fully saturated rings. The Balaban J connectivity index is 1.89. The summed E-state index contributed by atoms with van der Waals surface area (Å²) in [7, 11) is 0. The summed E-state index contributed by atoms with van der Waals surface area (Å²) in [5.74, 6) is 0. The lowest BCUT2D eigenvalue weighted by molar-refractivity contribution is 0.352. The van der Waals surface area contributed by atoms with E-state index in [1.54, 1.807) is 0 Å². The smallest absolute Gasteiger partial charge is 0.255 e. The predicted octanol–water partition coefficient (Wildman–Crippen LogP) is 0.492. The normalized spacial score (nSPS) is 22.2. The zero-order valence-corrected chi connectivity index (χ0v) is 6.76. The molecule has 0 atom stereocenters. The van der Waals surface area contributed by atoms with Crippen LogP contribution in [-0.2, 0) is 9.47 Å². The van der Waals surface area contributed by atoms with Gasteiger partial charge >= 0.3 is 0 Å². The maximum atomic E-state index is 5.17. The fourth-order valence-electron chi connectivity index (χ4n) is 0.829. The van der Waals surface area contributed by atoms with Gasteiger partial charge in [0.1, 0.15) is 13.2 Å². The molecule has 2 aliphatic heterocycles. The van der Waals surface area contributed by atoms with Crippen molar-refractivity contribution in [3.05, 3.63) is 0 Å². The van der Waals surface area contributed by atoms with E-state index in [4.69, 9.17) is 9.47 Å². The van der Waals surface area contributed by atoms with Crippen LogP contribution in [0.15, 0.2) is 9.98 Å². The van der Waals surface area contributed by atoms with Crippen LogP contribution >= 0.6 is 11.8 Å². The van der Waals surface area contributed by atoms with E-state index >= 15 is 0 Å². The number of hydrogen-bond donors (Lipinski definition) is 0. The van der Waals surface area contributed by atoms with Crippen LogP contribution in [0.5, 0.6) is 0 Å². The zero-order valence-electron chi connectivity index (χ0n) is 5.95. The molecule has 0 spiro atoms. The lowest BCUT2D eigenvalue weighted by atomic mass is 10.8. The third-order valence-corrected chi connectivity index (χ3v) is 2.13. The van der Waals surface area contributed by atoms with Crippen LogP contribution in [0, 0.1) is 0 Å². The molecule has 11 heavy (non-hydrogen) atoms. The summed E-state index contributed by atoms with van der Waals surface area (Å²) < 4.78 is 10.3. The molecule has 4 nitrogen and oxygen atoms in total. The summed E-state index contributed by atoms with van der Waals surface area (Å²) in [6, 6.07) is 0. The molecule has 0 radical (unpaired) electrons. The van der Waals surface area contributed by atoms with Gasteiger partial charge in [-0.15, -0.1) is 0 Å². The van der Waals surface area contributed by atoms with Crippen LogP contribution < -0.4 is 0 Å². The number of aliphatic imine (C=N–C) groups is 2. The molecule has 0 aromatic heterocycles. The summed E-state index contributed by atoms with van der Waals surface area (Å²) in [5, 5.41) is 1.37. The Kier molecular flexibility index (Phi) is 1.98. The highest BCUT2D eigenvalue weighted by Gasteiger charge is 2.15. The molecule has 2 rings (SSSR count). The van der Waals surface area contributed by atoms with Crippen molar-refractivity contribution in [2.24, 2.45) is 9.98 Å². The molecule has 0 unspecified atom stereocenters. The summed E-state index contributed by atoms with van der Waals surface area (Å²) >= 11 is 1.37. The van der Waals surface area contributed by atoms with Crippen molar-refractivity contribution in [3.63, 3.8) is 0 Å². The Morgan fingerprint density at radius 3 is 1.91 bits per heavy atom. The summed E-state index contributed by atoms with van der Waals surface area (Å²) in [5.41, 5.74) is 0. The van der Waals surface area contributed by atoms with Crippen LogP contribution in [0.2, 0.25) is 0 Å². The molecule has 0 bridgehead atoms. The van der Waals surface area contributed by atoms with Crippen LogP contribution in [0.3, 0.4) is 0 Å². The number of nitrogens with zero attached hydrogens (tertiary/aromatic N) is 2. The van der Waals surface area contributed by atoms with Crippen LogP contribution in [0.25, 0.3) is 0 Å². The van der Waals surface area contributed by atoms with Crippen molar-refractivity contribution in [2.75, 3.05) is 26.3 Å². The molecular formula is C6H8N2O2S. The lowest BCUT2D eigenvalue weighted by Gasteiger charge is -1.99. The molecule has 0 aromatic rings. The lowest BCUT2D eigenvalue weighted by Crippen LogP contribution is -2.00. The van der Waals surface area contributed by atoms with Crippen LogP contribution in [-0.4, -0.2) is 36.8 Å². The minimum absolute atomic E-state index is 0.686. The first kappa shape index (κ1) is 6.97. The van der Waals surface area contributed by atoms with Gasteiger partial charge in [-0.05, 0) is 0 Å². The van der Waals surface area contributed by atoms with Gasteiger partial charge < -0.3 is 9.47 Å². The van der Waals surface area contributed by atoms with Gasteiger partial charge in [-0.1, -0.05) is 0 Å². The third kappa shape index (κ3) is 1.65. The highest BCUT2D eigenvalue weighted by molar-refractivity contribution is 8.26. The Morgan fingerprint density at radius 2 is 1.55 bits per heavy atom. The van der Waals surface area contributed by atoms with Crippen molar-refractivity contribution in [1.82, 2.24) is 0 Å². The average Bonchev–Trinajstić information content (AvgIpc) is 2.60. The third-order valence-electron chi connectivity index (χ3n) is 1.29. The number of thioether (sulfide) groups is 1. The fraction of sp³-hybridized carbons (Fsp3) is 0.667. The standard InChI is InChI=1S/C6H8N2O2S/c1-3-9-5(7-1)11-6-8-2-4-10-6/h1-4H2. The minimum Gasteiger partial charge on any atom is -0.471 e. The number of hydrogen-bond acceptors (Lipinski definition) is 5. The van der Waals surface area contributed by atoms with E-state index in [-0.39, 0.29) is 0 Å². The van der Waals surface area contributed by atoms with E-state index in [1.807, 2.05) is 0 Å². The highest BCUT2D eigenvalue weighted by Crippen LogP contribution is 2.15. The fourth-order valence-corrected chi connectivity index (χ4v) is 1.57. The van der Waals surface area contributed by atoms with Gasteiger partial charge in [0, 0.05) is 11.8 Å². The van der Waals surface area contributed by atoms with Crippen LogP contribution in [0.4, 0.5) is 0 Å². The molecule has 0 N–H and O–H groups in total. The monoisotopic (exact) mass is 172 g/mol. The first-order chi connectivity index (χ1) is 5.45. The number of ether oxygens (including phenoxy) is 2. The van der Waals surface area contributed by atoms with Gasteiger partial charge in [-0.2, -0.15) is 0 Å².